The second kappa shape index (κ2) is 5.96. The minimum absolute atomic E-state index is 0.0377. The molecule has 0 bridgehead atoms. The van der Waals surface area contributed by atoms with E-state index in [9.17, 15) is 12.8 Å². The van der Waals surface area contributed by atoms with Crippen LogP contribution in [0.15, 0.2) is 0 Å². The summed E-state index contributed by atoms with van der Waals surface area (Å²) < 4.78 is 36.8. The zero-order chi connectivity index (χ0) is 12.2. The second-order valence-corrected chi connectivity index (χ2v) is 7.45. The highest BCUT2D eigenvalue weighted by Crippen LogP contribution is 2.16. The molecule has 0 saturated carbocycles. The van der Waals surface area contributed by atoms with E-state index in [-0.39, 0.29) is 18.2 Å². The molecule has 1 aliphatic heterocycles. The van der Waals surface area contributed by atoms with Crippen LogP contribution >= 0.6 is 0 Å². The van der Waals surface area contributed by atoms with Gasteiger partial charge in [0.05, 0.1) is 11.0 Å². The lowest BCUT2D eigenvalue weighted by Crippen LogP contribution is -2.42. The minimum Gasteiger partial charge on any atom is -0.311 e. The third kappa shape index (κ3) is 4.01. The summed E-state index contributed by atoms with van der Waals surface area (Å²) in [6, 6.07) is -0.142. The molecule has 0 aromatic heterocycles. The molecule has 3 nitrogen and oxygen atoms in total. The van der Waals surface area contributed by atoms with Gasteiger partial charge in [0, 0.05) is 6.04 Å². The predicted molar refractivity (Wildman–Crippen MR) is 64.1 cm³/mol. The zero-order valence-electron chi connectivity index (χ0n) is 10.1. The lowest BCUT2D eigenvalue weighted by Gasteiger charge is -2.26. The van der Waals surface area contributed by atoms with Crippen molar-refractivity contribution in [3.05, 3.63) is 0 Å². The fraction of sp³-hybridized carbons (Fsp3) is 1.00. The van der Waals surface area contributed by atoms with Crippen molar-refractivity contribution in [1.82, 2.24) is 5.32 Å². The molecule has 5 heteroatoms. The first kappa shape index (κ1) is 13.9. The van der Waals surface area contributed by atoms with Gasteiger partial charge in [-0.05, 0) is 39.7 Å². The van der Waals surface area contributed by atoms with Crippen LogP contribution in [-0.4, -0.2) is 38.2 Å². The summed E-state index contributed by atoms with van der Waals surface area (Å²) in [5.41, 5.74) is 0. The summed E-state index contributed by atoms with van der Waals surface area (Å²) >= 11 is 0. The van der Waals surface area contributed by atoms with Gasteiger partial charge < -0.3 is 5.32 Å². The summed E-state index contributed by atoms with van der Waals surface area (Å²) in [5.74, 6) is -0.0377. The average Bonchev–Trinajstić information content (AvgIpc) is 2.27. The molecule has 1 fully saturated rings. The molecule has 16 heavy (non-hydrogen) atoms. The quantitative estimate of drug-likeness (QED) is 0.808. The predicted octanol–water partition coefficient (Wildman–Crippen LogP) is 1.68. The first-order chi connectivity index (χ1) is 7.43. The van der Waals surface area contributed by atoms with Gasteiger partial charge in [-0.2, -0.15) is 0 Å². The molecule has 2 atom stereocenters. The smallest absolute Gasteiger partial charge is 0.152 e. The maximum absolute atomic E-state index is 13.8. The summed E-state index contributed by atoms with van der Waals surface area (Å²) in [7, 11) is -3.10. The van der Waals surface area contributed by atoms with Crippen LogP contribution in [0.2, 0.25) is 0 Å². The molecule has 0 aromatic carbocycles. The highest BCUT2D eigenvalue weighted by atomic mass is 32.2. The Morgan fingerprint density at radius 2 is 2.06 bits per heavy atom. The number of alkyl halides is 1. The molecule has 1 N–H and O–H groups in total. The summed E-state index contributed by atoms with van der Waals surface area (Å²) in [4.78, 5) is 0. The molecule has 0 radical (unpaired) electrons. The van der Waals surface area contributed by atoms with Crippen molar-refractivity contribution in [1.29, 1.82) is 0 Å². The van der Waals surface area contributed by atoms with E-state index in [0.29, 0.717) is 0 Å². The van der Waals surface area contributed by atoms with Gasteiger partial charge in [0.15, 0.2) is 9.84 Å². The number of sulfone groups is 1. The van der Waals surface area contributed by atoms with Gasteiger partial charge >= 0.3 is 0 Å². The molecule has 1 saturated heterocycles. The molecule has 0 amide bonds. The Labute approximate surface area is 97.7 Å². The van der Waals surface area contributed by atoms with Crippen LogP contribution in [0.1, 0.15) is 39.5 Å². The Kier molecular flexibility index (Phi) is 5.18. The molecular weight excluding hydrogens is 229 g/mol. The van der Waals surface area contributed by atoms with Crippen molar-refractivity contribution < 1.29 is 12.8 Å². The SMILES string of the molecule is CC(C)S(=O)(=O)CCC(F)C1CCCCN1. The van der Waals surface area contributed by atoms with E-state index in [1.165, 1.54) is 0 Å². The maximum Gasteiger partial charge on any atom is 0.152 e. The third-order valence-electron chi connectivity index (χ3n) is 3.18. The molecule has 96 valence electrons. The monoisotopic (exact) mass is 251 g/mol. The van der Waals surface area contributed by atoms with E-state index in [0.717, 1.165) is 25.8 Å². The zero-order valence-corrected chi connectivity index (χ0v) is 10.9. The average molecular weight is 251 g/mol. The van der Waals surface area contributed by atoms with Crippen molar-refractivity contribution in [2.45, 2.75) is 57.0 Å². The lowest BCUT2D eigenvalue weighted by atomic mass is 9.99. The third-order valence-corrected chi connectivity index (χ3v) is 5.42. The van der Waals surface area contributed by atoms with E-state index >= 15 is 0 Å². The van der Waals surface area contributed by atoms with Crippen molar-refractivity contribution in [3.8, 4) is 0 Å². The largest absolute Gasteiger partial charge is 0.311 e. The Morgan fingerprint density at radius 1 is 1.38 bits per heavy atom. The molecule has 0 aromatic rings. The minimum atomic E-state index is -3.10. The van der Waals surface area contributed by atoms with Gasteiger partial charge in [-0.25, -0.2) is 12.8 Å². The van der Waals surface area contributed by atoms with Crippen molar-refractivity contribution in [3.63, 3.8) is 0 Å². The highest BCUT2D eigenvalue weighted by molar-refractivity contribution is 7.91. The Hall–Kier alpha value is -0.160. The standard InChI is InChI=1S/C11H22FNO2S/c1-9(2)16(14,15)8-6-10(12)11-5-3-4-7-13-11/h9-11,13H,3-8H2,1-2H3. The van der Waals surface area contributed by atoms with Gasteiger partial charge in [0.25, 0.3) is 0 Å². The molecule has 0 aliphatic carbocycles. The van der Waals surface area contributed by atoms with Crippen LogP contribution in [-0.2, 0) is 9.84 Å². The molecular formula is C11H22FNO2S. The van der Waals surface area contributed by atoms with Crippen molar-refractivity contribution in [2.75, 3.05) is 12.3 Å². The van der Waals surface area contributed by atoms with Crippen LogP contribution in [0.5, 0.6) is 0 Å². The van der Waals surface area contributed by atoms with Crippen LogP contribution in [0.25, 0.3) is 0 Å². The molecule has 0 spiro atoms. The van der Waals surface area contributed by atoms with Crippen LogP contribution in [0.4, 0.5) is 4.39 Å². The van der Waals surface area contributed by atoms with Crippen LogP contribution < -0.4 is 5.32 Å². The fourth-order valence-corrected chi connectivity index (χ4v) is 2.93. The number of rotatable bonds is 5. The van der Waals surface area contributed by atoms with Crippen molar-refractivity contribution >= 4 is 9.84 Å². The van der Waals surface area contributed by atoms with E-state index in [2.05, 4.69) is 5.32 Å². The molecule has 1 aliphatic rings. The van der Waals surface area contributed by atoms with E-state index in [1.807, 2.05) is 0 Å². The van der Waals surface area contributed by atoms with E-state index < -0.39 is 21.3 Å². The second-order valence-electron chi connectivity index (χ2n) is 4.78. The Morgan fingerprint density at radius 3 is 2.56 bits per heavy atom. The van der Waals surface area contributed by atoms with Crippen LogP contribution in [0, 0.1) is 0 Å². The van der Waals surface area contributed by atoms with Gasteiger partial charge in [-0.3, -0.25) is 0 Å². The first-order valence-electron chi connectivity index (χ1n) is 6.02. The maximum atomic E-state index is 13.8. The molecule has 2 unspecified atom stereocenters. The van der Waals surface area contributed by atoms with E-state index in [4.69, 9.17) is 0 Å². The van der Waals surface area contributed by atoms with Gasteiger partial charge in [-0.1, -0.05) is 6.42 Å². The number of nitrogens with one attached hydrogen (secondary N) is 1. The number of hydrogen-bond acceptors (Lipinski definition) is 3. The Bertz CT molecular complexity index is 297. The number of halogens is 1. The fourth-order valence-electron chi connectivity index (χ4n) is 1.90. The molecule has 1 heterocycles. The van der Waals surface area contributed by atoms with Gasteiger partial charge in [0.2, 0.25) is 0 Å². The lowest BCUT2D eigenvalue weighted by molar-refractivity contribution is 0.213. The normalized spacial score (nSPS) is 24.6. The topological polar surface area (TPSA) is 46.2 Å². The summed E-state index contributed by atoms with van der Waals surface area (Å²) in [6.07, 6.45) is 2.04. The Balaban J connectivity index is 2.37. The van der Waals surface area contributed by atoms with Crippen molar-refractivity contribution in [2.24, 2.45) is 0 Å². The highest BCUT2D eigenvalue weighted by Gasteiger charge is 2.25. The van der Waals surface area contributed by atoms with Gasteiger partial charge in [0.1, 0.15) is 6.17 Å². The van der Waals surface area contributed by atoms with E-state index in [1.54, 1.807) is 13.8 Å². The van der Waals surface area contributed by atoms with Gasteiger partial charge in [-0.15, -0.1) is 0 Å². The summed E-state index contributed by atoms with van der Waals surface area (Å²) in [5, 5.41) is 2.71. The molecule has 1 rings (SSSR count). The number of hydrogen-bond donors (Lipinski definition) is 1. The summed E-state index contributed by atoms with van der Waals surface area (Å²) in [6.45, 7) is 4.13. The first-order valence-corrected chi connectivity index (χ1v) is 7.74. The van der Waals surface area contributed by atoms with Crippen LogP contribution in [0.3, 0.4) is 0 Å². The number of piperidine rings is 1.